The first-order valence-corrected chi connectivity index (χ1v) is 10.3. The lowest BCUT2D eigenvalue weighted by atomic mass is 10.2. The average molecular weight is 398 g/mol. The Kier molecular flexibility index (Phi) is 4.73. The van der Waals surface area contributed by atoms with E-state index >= 15 is 0 Å². The number of hydrogen-bond donors (Lipinski definition) is 3. The van der Waals surface area contributed by atoms with Gasteiger partial charge in [-0.15, -0.1) is 11.3 Å². The molecule has 0 spiro atoms. The van der Waals surface area contributed by atoms with Gasteiger partial charge in [0.15, 0.2) is 11.5 Å². The number of nitrogens with one attached hydrogen (secondary N) is 3. The second-order valence-corrected chi connectivity index (χ2v) is 7.98. The van der Waals surface area contributed by atoms with Crippen LogP contribution in [0.25, 0.3) is 11.2 Å². The van der Waals surface area contributed by atoms with Crippen molar-refractivity contribution in [3.8, 4) is 0 Å². The number of anilines is 2. The highest BCUT2D eigenvalue weighted by Gasteiger charge is 2.16. The number of ether oxygens (including phenoxy) is 1. The second kappa shape index (κ2) is 7.51. The first-order chi connectivity index (χ1) is 13.8. The fourth-order valence-electron chi connectivity index (χ4n) is 3.59. The molecule has 1 saturated heterocycles. The summed E-state index contributed by atoms with van der Waals surface area (Å²) in [5.41, 5.74) is 11.5. The number of nitrogens with zero attached hydrogens (tertiary/aromatic N) is 4. The molecular weight excluding hydrogens is 374 g/mol. The Balaban J connectivity index is 1.39. The van der Waals surface area contributed by atoms with Crippen LogP contribution in [-0.2, 0) is 11.3 Å². The van der Waals surface area contributed by atoms with Crippen molar-refractivity contribution in [2.45, 2.75) is 13.5 Å². The molecule has 3 aromatic heterocycles. The first kappa shape index (κ1) is 17.6. The van der Waals surface area contributed by atoms with Crippen molar-refractivity contribution >= 4 is 33.4 Å². The van der Waals surface area contributed by atoms with E-state index in [9.17, 15) is 0 Å². The molecule has 9 heteroatoms. The van der Waals surface area contributed by atoms with E-state index in [4.69, 9.17) is 9.72 Å². The number of imidazole rings is 1. The van der Waals surface area contributed by atoms with Crippen molar-refractivity contribution < 1.29 is 4.74 Å². The zero-order chi connectivity index (χ0) is 18.9. The van der Waals surface area contributed by atoms with Gasteiger partial charge in [0.25, 0.3) is 0 Å². The van der Waals surface area contributed by atoms with Gasteiger partial charge in [-0.05, 0) is 23.9 Å². The van der Waals surface area contributed by atoms with Crippen LogP contribution in [0.1, 0.15) is 17.0 Å². The maximum absolute atomic E-state index is 5.43. The van der Waals surface area contributed by atoms with Gasteiger partial charge in [0, 0.05) is 44.1 Å². The van der Waals surface area contributed by atoms with Gasteiger partial charge >= 0.3 is 0 Å². The molecule has 0 aromatic carbocycles. The highest BCUT2D eigenvalue weighted by molar-refractivity contribution is 7.14. The van der Waals surface area contributed by atoms with Gasteiger partial charge in [-0.2, -0.15) is 0 Å². The maximum Gasteiger partial charge on any atom is 0.180 e. The molecule has 0 amide bonds. The molecule has 1 fully saturated rings. The van der Waals surface area contributed by atoms with Crippen LogP contribution in [0.5, 0.6) is 0 Å². The molecule has 0 atom stereocenters. The maximum atomic E-state index is 5.43. The van der Waals surface area contributed by atoms with Crippen LogP contribution >= 0.6 is 11.3 Å². The Morgan fingerprint density at radius 3 is 3.04 bits per heavy atom. The van der Waals surface area contributed by atoms with Crippen molar-refractivity contribution in [1.82, 2.24) is 30.1 Å². The molecule has 0 radical (unpaired) electrons. The van der Waals surface area contributed by atoms with Crippen molar-refractivity contribution in [2.75, 3.05) is 38.2 Å². The Morgan fingerprint density at radius 1 is 1.32 bits per heavy atom. The normalized spacial score (nSPS) is 17.7. The molecule has 3 N–H and O–H groups in total. The lowest BCUT2D eigenvalue weighted by Gasteiger charge is -2.26. The second-order valence-electron chi connectivity index (χ2n) is 7.07. The number of hydrazine groups is 1. The van der Waals surface area contributed by atoms with Crippen LogP contribution in [0.4, 0.5) is 10.8 Å². The van der Waals surface area contributed by atoms with E-state index in [-0.39, 0.29) is 0 Å². The van der Waals surface area contributed by atoms with Crippen molar-refractivity contribution in [2.24, 2.45) is 0 Å². The Labute approximate surface area is 167 Å². The number of morpholine rings is 1. The van der Waals surface area contributed by atoms with Crippen LogP contribution in [0.15, 0.2) is 30.0 Å². The molecule has 5 rings (SSSR count). The van der Waals surface area contributed by atoms with E-state index in [1.807, 2.05) is 25.5 Å². The fourth-order valence-corrected chi connectivity index (χ4v) is 4.38. The van der Waals surface area contributed by atoms with Gasteiger partial charge in [0.2, 0.25) is 0 Å². The van der Waals surface area contributed by atoms with Gasteiger partial charge in [-0.1, -0.05) is 0 Å². The molecule has 5 heterocycles. The number of hydrogen-bond acceptors (Lipinski definition) is 8. The van der Waals surface area contributed by atoms with Crippen molar-refractivity contribution in [1.29, 1.82) is 0 Å². The Morgan fingerprint density at radius 2 is 2.21 bits per heavy atom. The molecular formula is C19H23N7OS. The minimum Gasteiger partial charge on any atom is -0.379 e. The van der Waals surface area contributed by atoms with Gasteiger partial charge in [-0.25, -0.2) is 15.4 Å². The third-order valence-electron chi connectivity index (χ3n) is 4.97. The summed E-state index contributed by atoms with van der Waals surface area (Å²) in [6.45, 7) is 7.37. The van der Waals surface area contributed by atoms with E-state index in [0.29, 0.717) is 0 Å². The number of rotatable bonds is 5. The quantitative estimate of drug-likeness (QED) is 0.609. The van der Waals surface area contributed by atoms with Crippen molar-refractivity contribution in [3.05, 3.63) is 47.0 Å². The minimum absolute atomic E-state index is 0.772. The molecule has 0 bridgehead atoms. The summed E-state index contributed by atoms with van der Waals surface area (Å²) in [5, 5.41) is 6.77. The van der Waals surface area contributed by atoms with Crippen LogP contribution in [-0.4, -0.2) is 52.1 Å². The minimum atomic E-state index is 0.772. The zero-order valence-electron chi connectivity index (χ0n) is 15.7. The summed E-state index contributed by atoms with van der Waals surface area (Å²) in [4.78, 5) is 11.7. The summed E-state index contributed by atoms with van der Waals surface area (Å²) < 4.78 is 7.54. The number of aryl methyl sites for hydroxylation is 1. The zero-order valence-corrected chi connectivity index (χ0v) is 16.6. The SMILES string of the molecule is Cc1cn2c(C3=CNNC3)cnc2c(Nc2cc(CN3CCOCC3)cs2)n1. The topological polar surface area (TPSA) is 78.8 Å². The summed E-state index contributed by atoms with van der Waals surface area (Å²) in [6.07, 6.45) is 5.91. The molecule has 0 aliphatic carbocycles. The van der Waals surface area contributed by atoms with Gasteiger partial charge in [-0.3, -0.25) is 9.30 Å². The number of aromatic nitrogens is 3. The van der Waals surface area contributed by atoms with E-state index < -0.39 is 0 Å². The third kappa shape index (κ3) is 3.49. The molecule has 146 valence electrons. The predicted octanol–water partition coefficient (Wildman–Crippen LogP) is 2.12. The van der Waals surface area contributed by atoms with Crippen LogP contribution < -0.4 is 16.2 Å². The van der Waals surface area contributed by atoms with E-state index in [1.165, 1.54) is 11.1 Å². The number of fused-ring (bicyclic) bond motifs is 1. The summed E-state index contributed by atoms with van der Waals surface area (Å²) >= 11 is 1.70. The average Bonchev–Trinajstić information content (AvgIpc) is 3.43. The summed E-state index contributed by atoms with van der Waals surface area (Å²) in [7, 11) is 0. The predicted molar refractivity (Wildman–Crippen MR) is 111 cm³/mol. The highest BCUT2D eigenvalue weighted by atomic mass is 32.1. The standard InChI is InChI=1S/C19H23N7OS/c1-13-10-26-16(15-7-21-22-8-15)9-20-19(26)18(23-13)24-17-6-14(12-28-17)11-25-2-4-27-5-3-25/h6-7,9-10,12,21-22H,2-5,8,11H2,1H3,(H,23,24). The van der Waals surface area contributed by atoms with Gasteiger partial charge < -0.3 is 15.5 Å². The van der Waals surface area contributed by atoms with Crippen molar-refractivity contribution in [3.63, 3.8) is 0 Å². The molecule has 2 aliphatic rings. The third-order valence-corrected chi connectivity index (χ3v) is 5.87. The largest absolute Gasteiger partial charge is 0.379 e. The molecule has 0 unspecified atom stereocenters. The lowest BCUT2D eigenvalue weighted by molar-refractivity contribution is 0.0342. The molecule has 8 nitrogen and oxygen atoms in total. The highest BCUT2D eigenvalue weighted by Crippen LogP contribution is 2.28. The smallest absolute Gasteiger partial charge is 0.180 e. The van der Waals surface area contributed by atoms with Gasteiger partial charge in [0.05, 0.1) is 35.8 Å². The molecule has 0 saturated carbocycles. The molecule has 3 aromatic rings. The summed E-state index contributed by atoms with van der Waals surface area (Å²) in [5.74, 6) is 0.783. The molecule has 2 aliphatic heterocycles. The van der Waals surface area contributed by atoms with E-state index in [2.05, 4.69) is 41.9 Å². The monoisotopic (exact) mass is 397 g/mol. The first-order valence-electron chi connectivity index (χ1n) is 9.43. The van der Waals surface area contributed by atoms with Gasteiger partial charge in [0.1, 0.15) is 0 Å². The van der Waals surface area contributed by atoms with Crippen LogP contribution in [0, 0.1) is 6.92 Å². The molecule has 28 heavy (non-hydrogen) atoms. The van der Waals surface area contributed by atoms with Crippen LogP contribution in [0.3, 0.4) is 0 Å². The van der Waals surface area contributed by atoms with Crippen LogP contribution in [0.2, 0.25) is 0 Å². The number of thiophene rings is 1. The fraction of sp³-hybridized carbons (Fsp3) is 0.368. The summed E-state index contributed by atoms with van der Waals surface area (Å²) in [6, 6.07) is 2.21. The lowest BCUT2D eigenvalue weighted by Crippen LogP contribution is -2.35. The Bertz CT molecular complexity index is 1020. The van der Waals surface area contributed by atoms with E-state index in [0.717, 1.165) is 67.2 Å². The Hall–Kier alpha value is -2.46. The van der Waals surface area contributed by atoms with E-state index in [1.54, 1.807) is 11.3 Å².